The zero-order valence-corrected chi connectivity index (χ0v) is 26.6. The summed E-state index contributed by atoms with van der Waals surface area (Å²) in [6.45, 7) is 2.13. The number of amides is 2. The summed E-state index contributed by atoms with van der Waals surface area (Å²) in [7, 11) is 0. The number of fused-ring (bicyclic) bond motifs is 1. The number of hydrogen-bond donors (Lipinski definition) is 4. The fraction of sp³-hybridized carbons (Fsp3) is 0.139. The molecule has 0 saturated heterocycles. The molecule has 260 valence electrons. The third-order valence-electron chi connectivity index (χ3n) is 7.00. The number of carbonyl (C=O) groups excluding carboxylic acids is 3. The summed E-state index contributed by atoms with van der Waals surface area (Å²) in [5.41, 5.74) is 15.8. The van der Waals surface area contributed by atoms with Crippen molar-refractivity contribution < 1.29 is 47.4 Å². The number of anilines is 1. The van der Waals surface area contributed by atoms with E-state index in [-0.39, 0.29) is 11.7 Å². The molecule has 0 fully saturated rings. The molecule has 2 amide bonds. The molecule has 4 aromatic carbocycles. The van der Waals surface area contributed by atoms with Crippen molar-refractivity contribution >= 4 is 46.1 Å². The number of primary amides is 1. The number of nitrogens with two attached hydrogens (primary N) is 2. The van der Waals surface area contributed by atoms with Crippen LogP contribution in [0, 0.1) is 0 Å². The highest BCUT2D eigenvalue weighted by Gasteiger charge is 2.38. The molecule has 0 aliphatic rings. The summed E-state index contributed by atoms with van der Waals surface area (Å²) in [6.07, 6.45) is -3.25. The Hall–Kier alpha value is -6.28. The third-order valence-corrected chi connectivity index (χ3v) is 7.00. The summed E-state index contributed by atoms with van der Waals surface area (Å²) in [5.74, 6) is -4.71. The lowest BCUT2D eigenvalue weighted by atomic mass is 10.1. The van der Waals surface area contributed by atoms with Crippen LogP contribution in [0.4, 0.5) is 18.9 Å². The number of nitrogens with zero attached hydrogens (tertiary/aromatic N) is 2. The second kappa shape index (κ2) is 17.2. The van der Waals surface area contributed by atoms with Crippen LogP contribution in [0.25, 0.3) is 10.9 Å². The van der Waals surface area contributed by atoms with Crippen LogP contribution in [0.2, 0.25) is 0 Å². The van der Waals surface area contributed by atoms with Crippen LogP contribution in [0.1, 0.15) is 49.1 Å². The van der Waals surface area contributed by atoms with Crippen LogP contribution in [0.3, 0.4) is 0 Å². The Morgan fingerprint density at radius 2 is 1.36 bits per heavy atom. The quantitative estimate of drug-likeness (QED) is 0.146. The second-order valence-corrected chi connectivity index (χ2v) is 10.6. The van der Waals surface area contributed by atoms with Gasteiger partial charge in [0.05, 0.1) is 0 Å². The Morgan fingerprint density at radius 1 is 0.780 bits per heavy atom. The zero-order valence-electron chi connectivity index (χ0n) is 26.6. The normalized spacial score (nSPS) is 10.6. The first-order valence-electron chi connectivity index (χ1n) is 14.8. The highest BCUT2D eigenvalue weighted by atomic mass is 19.4. The number of carbonyl (C=O) groups is 5. The van der Waals surface area contributed by atoms with Crippen LogP contribution >= 0.6 is 0 Å². The molecule has 0 aliphatic heterocycles. The molecule has 1 heterocycles. The van der Waals surface area contributed by atoms with Crippen molar-refractivity contribution in [3.05, 3.63) is 137 Å². The monoisotopic (exact) mass is 690 g/mol. The highest BCUT2D eigenvalue weighted by Crippen LogP contribution is 2.25. The molecule has 6 N–H and O–H groups in total. The summed E-state index contributed by atoms with van der Waals surface area (Å²) in [6, 6.07) is 30.9. The molecular weight excluding hydrogens is 657 g/mol. The van der Waals surface area contributed by atoms with Crippen molar-refractivity contribution in [2.75, 3.05) is 11.4 Å². The van der Waals surface area contributed by atoms with Crippen molar-refractivity contribution in [2.45, 2.75) is 26.2 Å². The number of carboxylic acid groups (broad SMARTS) is 2. The average molecular weight is 691 g/mol. The lowest BCUT2D eigenvalue weighted by molar-refractivity contribution is -0.192. The number of alkyl halides is 3. The van der Waals surface area contributed by atoms with Crippen LogP contribution in [-0.2, 0) is 22.7 Å². The fourth-order valence-electron chi connectivity index (χ4n) is 4.65. The average Bonchev–Trinajstić information content (AvgIpc) is 3.45. The van der Waals surface area contributed by atoms with Gasteiger partial charge in [-0.25, -0.2) is 4.79 Å². The maximum atomic E-state index is 12.6. The molecule has 0 unspecified atom stereocenters. The van der Waals surface area contributed by atoms with Crippen molar-refractivity contribution in [3.8, 4) is 0 Å². The predicted octanol–water partition coefficient (Wildman–Crippen LogP) is 5.50. The Bertz CT molecular complexity index is 1980. The maximum absolute atomic E-state index is 12.6. The van der Waals surface area contributed by atoms with Crippen LogP contribution < -0.4 is 16.4 Å². The van der Waals surface area contributed by atoms with Gasteiger partial charge in [0.25, 0.3) is 5.91 Å². The van der Waals surface area contributed by atoms with Gasteiger partial charge in [-0.3, -0.25) is 24.1 Å². The van der Waals surface area contributed by atoms with Gasteiger partial charge in [-0.1, -0.05) is 60.7 Å². The third kappa shape index (κ3) is 10.6. The van der Waals surface area contributed by atoms with Gasteiger partial charge in [0.15, 0.2) is 5.78 Å². The Balaban J connectivity index is 0.000000228. The molecule has 0 atom stereocenters. The highest BCUT2D eigenvalue weighted by molar-refractivity contribution is 6.09. The van der Waals surface area contributed by atoms with Gasteiger partial charge in [0.2, 0.25) is 5.91 Å². The first-order valence-corrected chi connectivity index (χ1v) is 14.8. The lowest BCUT2D eigenvalue weighted by Crippen LogP contribution is -2.35. The second-order valence-electron chi connectivity index (χ2n) is 10.6. The van der Waals surface area contributed by atoms with Gasteiger partial charge < -0.3 is 26.2 Å². The van der Waals surface area contributed by atoms with Crippen molar-refractivity contribution in [1.29, 1.82) is 0 Å². The number of aliphatic carboxylic acids is 2. The van der Waals surface area contributed by atoms with E-state index in [9.17, 15) is 32.3 Å². The number of ketones is 1. The molecule has 50 heavy (non-hydrogen) atoms. The van der Waals surface area contributed by atoms with E-state index in [2.05, 4.69) is 0 Å². The van der Waals surface area contributed by atoms with E-state index in [0.717, 1.165) is 22.0 Å². The van der Waals surface area contributed by atoms with Crippen LogP contribution in [0.15, 0.2) is 109 Å². The summed E-state index contributed by atoms with van der Waals surface area (Å²) < 4.78 is 33.8. The van der Waals surface area contributed by atoms with E-state index >= 15 is 0 Å². The number of hydrogen-bond acceptors (Lipinski definition) is 6. The number of para-hydroxylation sites is 1. The smallest absolute Gasteiger partial charge is 0.480 e. The minimum Gasteiger partial charge on any atom is -0.480 e. The summed E-state index contributed by atoms with van der Waals surface area (Å²) in [5, 5.41) is 16.9. The molecule has 0 bridgehead atoms. The molecule has 14 heteroatoms. The van der Waals surface area contributed by atoms with Gasteiger partial charge >= 0.3 is 18.1 Å². The van der Waals surface area contributed by atoms with E-state index in [0.29, 0.717) is 35.5 Å². The first kappa shape index (κ1) is 38.2. The molecule has 5 aromatic rings. The molecule has 0 spiro atoms. The number of halogens is 3. The maximum Gasteiger partial charge on any atom is 0.490 e. The van der Waals surface area contributed by atoms with E-state index in [1.807, 2.05) is 59.3 Å². The van der Waals surface area contributed by atoms with Crippen molar-refractivity contribution in [3.63, 3.8) is 0 Å². The number of aromatic nitrogens is 1. The summed E-state index contributed by atoms with van der Waals surface area (Å²) >= 11 is 0. The Labute approximate surface area is 284 Å². The first-order chi connectivity index (χ1) is 23.6. The zero-order chi connectivity index (χ0) is 37.0. The molecule has 11 nitrogen and oxygen atoms in total. The molecule has 5 rings (SSSR count). The largest absolute Gasteiger partial charge is 0.490 e. The van der Waals surface area contributed by atoms with Crippen molar-refractivity contribution in [2.24, 2.45) is 11.5 Å². The number of carboxylic acids is 2. The van der Waals surface area contributed by atoms with Crippen LogP contribution in [-0.4, -0.2) is 57.0 Å². The molecule has 1 aromatic heterocycles. The van der Waals surface area contributed by atoms with Gasteiger partial charge in [-0.15, -0.1) is 0 Å². The number of benzene rings is 4. The van der Waals surface area contributed by atoms with Crippen molar-refractivity contribution in [1.82, 2.24) is 4.57 Å². The summed E-state index contributed by atoms with van der Waals surface area (Å²) in [4.78, 5) is 57.0. The minimum atomic E-state index is -5.08. The fourth-order valence-corrected chi connectivity index (χ4v) is 4.65. The van der Waals surface area contributed by atoms with E-state index in [1.165, 1.54) is 11.8 Å². The predicted molar refractivity (Wildman–Crippen MR) is 180 cm³/mol. The van der Waals surface area contributed by atoms with E-state index in [4.69, 9.17) is 26.5 Å². The van der Waals surface area contributed by atoms with Gasteiger partial charge in [0, 0.05) is 52.6 Å². The SMILES string of the molecule is CC(=O)c1cn(Cc2ccccc2)c2ccc(C(N)=O)cc12.NCc1cccc(C(=O)N(CC(=O)O)c2ccccc2)c1.O=C(O)C(F)(F)F. The molecule has 0 radical (unpaired) electrons. The number of Topliss-reactive ketones (excluding diaryl/α,β-unsaturated/α-hetero) is 1. The minimum absolute atomic E-state index is 0.0292. The van der Waals surface area contributed by atoms with Gasteiger partial charge in [0.1, 0.15) is 6.54 Å². The van der Waals surface area contributed by atoms with E-state index < -0.39 is 30.6 Å². The topological polar surface area (TPSA) is 186 Å². The lowest BCUT2D eigenvalue weighted by Gasteiger charge is -2.21. The van der Waals surface area contributed by atoms with Gasteiger partial charge in [-0.05, 0) is 60.5 Å². The number of rotatable bonds is 9. The Morgan fingerprint density at radius 3 is 1.88 bits per heavy atom. The van der Waals surface area contributed by atoms with Gasteiger partial charge in [-0.2, -0.15) is 13.2 Å². The molecular formula is C36H33F3N4O7. The van der Waals surface area contributed by atoms with E-state index in [1.54, 1.807) is 54.6 Å². The Kier molecular flexibility index (Phi) is 13.1. The standard InChI is InChI=1S/C18H16N2O2.C16H16N2O3.C2HF3O2/c1-12(21)16-11-20(10-13-5-3-2-4-6-13)17-8-7-14(18(19)22)9-15(16)17;17-10-12-5-4-6-13(9-12)16(21)18(11-15(19)20)14-7-2-1-3-8-14;3-2(4,5)1(6)7/h2-9,11H,10H2,1H3,(H2,19,22);1-9H,10-11,17H2,(H,19,20);(H,6,7). The molecule has 0 aliphatic carbocycles. The molecule has 0 saturated carbocycles. The van der Waals surface area contributed by atoms with Crippen LogP contribution in [0.5, 0.6) is 0 Å².